The molecular weight excluding hydrogens is 308 g/mol. The van der Waals surface area contributed by atoms with Gasteiger partial charge in [-0.1, -0.05) is 6.07 Å². The molecule has 0 aliphatic rings. The Balaban J connectivity index is 1.91. The molecule has 0 saturated heterocycles. The summed E-state index contributed by atoms with van der Waals surface area (Å²) in [5.41, 5.74) is -0.0575. The van der Waals surface area contributed by atoms with Crippen molar-refractivity contribution in [3.8, 4) is 0 Å². The predicted octanol–water partition coefficient (Wildman–Crippen LogP) is 3.46. The Morgan fingerprint density at radius 3 is 2.50 bits per heavy atom. The first-order valence-electron chi connectivity index (χ1n) is 6.71. The van der Waals surface area contributed by atoms with E-state index in [4.69, 9.17) is 0 Å². The lowest BCUT2D eigenvalue weighted by atomic mass is 10.2. The van der Waals surface area contributed by atoms with Gasteiger partial charge in [0.15, 0.2) is 11.6 Å². The highest BCUT2D eigenvalue weighted by atomic mass is 32.1. The Morgan fingerprint density at radius 2 is 1.95 bits per heavy atom. The summed E-state index contributed by atoms with van der Waals surface area (Å²) in [4.78, 5) is 14.2. The third kappa shape index (κ3) is 4.17. The quantitative estimate of drug-likeness (QED) is 0.884. The Morgan fingerprint density at radius 1 is 1.27 bits per heavy atom. The van der Waals surface area contributed by atoms with Gasteiger partial charge in [-0.15, -0.1) is 11.3 Å². The van der Waals surface area contributed by atoms with Crippen LogP contribution in [0.5, 0.6) is 0 Å². The van der Waals surface area contributed by atoms with Crippen LogP contribution in [0.1, 0.15) is 4.88 Å². The summed E-state index contributed by atoms with van der Waals surface area (Å²) < 4.78 is 27.6. The predicted molar refractivity (Wildman–Crippen MR) is 85.7 cm³/mol. The molecule has 4 nitrogen and oxygen atoms in total. The molecule has 7 heteroatoms. The van der Waals surface area contributed by atoms with E-state index in [0.717, 1.165) is 17.0 Å². The molecule has 0 fully saturated rings. The number of nitrogens with one attached hydrogen (secondary N) is 2. The van der Waals surface area contributed by atoms with E-state index in [0.29, 0.717) is 13.0 Å². The second-order valence-corrected chi connectivity index (χ2v) is 5.93. The van der Waals surface area contributed by atoms with Gasteiger partial charge in [-0.2, -0.15) is 0 Å². The van der Waals surface area contributed by atoms with E-state index >= 15 is 0 Å². The van der Waals surface area contributed by atoms with Crippen molar-refractivity contribution in [1.29, 1.82) is 0 Å². The second-order valence-electron chi connectivity index (χ2n) is 4.89. The van der Waals surface area contributed by atoms with Gasteiger partial charge < -0.3 is 15.5 Å². The highest BCUT2D eigenvalue weighted by Gasteiger charge is 2.14. The zero-order valence-electron chi connectivity index (χ0n) is 12.3. The second kappa shape index (κ2) is 7.22. The number of thiophene rings is 1. The molecule has 1 aromatic heterocycles. The number of halogens is 2. The van der Waals surface area contributed by atoms with Gasteiger partial charge in [0.05, 0.1) is 0 Å². The molecule has 22 heavy (non-hydrogen) atoms. The van der Waals surface area contributed by atoms with Crippen LogP contribution in [0, 0.1) is 11.6 Å². The van der Waals surface area contributed by atoms with Crippen molar-refractivity contribution in [2.75, 3.05) is 30.9 Å². The topological polar surface area (TPSA) is 44.4 Å². The number of rotatable bonds is 5. The fourth-order valence-corrected chi connectivity index (χ4v) is 2.70. The maximum absolute atomic E-state index is 13.8. The van der Waals surface area contributed by atoms with E-state index in [-0.39, 0.29) is 11.4 Å². The fraction of sp³-hybridized carbons (Fsp3) is 0.267. The molecule has 0 saturated carbocycles. The minimum Gasteiger partial charge on any atom is -0.373 e. The molecule has 0 bridgehead atoms. The van der Waals surface area contributed by atoms with Crippen molar-refractivity contribution < 1.29 is 13.6 Å². The normalized spacial score (nSPS) is 10.4. The molecule has 1 aromatic carbocycles. The summed E-state index contributed by atoms with van der Waals surface area (Å²) in [6.07, 6.45) is 0.716. The van der Waals surface area contributed by atoms with Gasteiger partial charge >= 0.3 is 6.03 Å². The van der Waals surface area contributed by atoms with E-state index in [1.54, 1.807) is 25.4 Å². The van der Waals surface area contributed by atoms with Crippen LogP contribution in [0.15, 0.2) is 29.6 Å². The molecule has 1 heterocycles. The lowest BCUT2D eigenvalue weighted by Crippen LogP contribution is -2.30. The maximum Gasteiger partial charge on any atom is 0.319 e. The van der Waals surface area contributed by atoms with Crippen molar-refractivity contribution in [3.05, 3.63) is 46.2 Å². The number of hydrogen-bond acceptors (Lipinski definition) is 3. The van der Waals surface area contributed by atoms with Crippen molar-refractivity contribution >= 4 is 28.7 Å². The number of hydrogen-bond donors (Lipinski definition) is 2. The highest BCUT2D eigenvalue weighted by Crippen LogP contribution is 2.25. The molecule has 2 amide bonds. The summed E-state index contributed by atoms with van der Waals surface area (Å²) >= 11 is 1.61. The molecule has 2 aromatic rings. The first-order valence-corrected chi connectivity index (χ1v) is 7.59. The van der Waals surface area contributed by atoms with Gasteiger partial charge in [0.1, 0.15) is 5.69 Å². The van der Waals surface area contributed by atoms with Gasteiger partial charge in [-0.05, 0) is 30.0 Å². The van der Waals surface area contributed by atoms with E-state index in [1.807, 2.05) is 17.5 Å². The van der Waals surface area contributed by atoms with Crippen LogP contribution >= 0.6 is 11.3 Å². The third-order valence-electron chi connectivity index (χ3n) is 2.96. The Hall–Kier alpha value is -2.15. The molecule has 0 radical (unpaired) electrons. The van der Waals surface area contributed by atoms with Crippen LogP contribution in [0.2, 0.25) is 0 Å². The number of benzene rings is 1. The first kappa shape index (κ1) is 16.2. The number of amides is 2. The lowest BCUT2D eigenvalue weighted by molar-refractivity contribution is 0.252. The van der Waals surface area contributed by atoms with Crippen molar-refractivity contribution in [2.24, 2.45) is 0 Å². The number of carbonyl (C=O) groups is 1. The monoisotopic (exact) mass is 325 g/mol. The Kier molecular flexibility index (Phi) is 5.32. The zero-order valence-corrected chi connectivity index (χ0v) is 13.1. The number of nitrogens with zero attached hydrogens (tertiary/aromatic N) is 1. The van der Waals surface area contributed by atoms with Gasteiger partial charge in [0, 0.05) is 31.2 Å². The summed E-state index contributed by atoms with van der Waals surface area (Å²) in [6.45, 7) is 0.451. The Bertz CT molecular complexity index is 621. The molecule has 0 aliphatic carbocycles. The van der Waals surface area contributed by atoms with E-state index in [9.17, 15) is 13.6 Å². The van der Waals surface area contributed by atoms with E-state index in [1.165, 1.54) is 4.90 Å². The van der Waals surface area contributed by atoms with Gasteiger partial charge in [0.25, 0.3) is 0 Å². The molecular formula is C15H17F2N3OS. The summed E-state index contributed by atoms with van der Waals surface area (Å²) in [5, 5.41) is 7.04. The molecule has 0 aliphatic heterocycles. The molecule has 0 atom stereocenters. The Labute approximate surface area is 131 Å². The van der Waals surface area contributed by atoms with Gasteiger partial charge in [-0.25, -0.2) is 13.6 Å². The summed E-state index contributed by atoms with van der Waals surface area (Å²) in [5.74, 6) is -1.45. The smallest absolute Gasteiger partial charge is 0.319 e. The lowest BCUT2D eigenvalue weighted by Gasteiger charge is -2.16. The van der Waals surface area contributed by atoms with Crippen molar-refractivity contribution in [2.45, 2.75) is 6.42 Å². The number of anilines is 2. The summed E-state index contributed by atoms with van der Waals surface area (Å²) in [6, 6.07) is 5.62. The van der Waals surface area contributed by atoms with Crippen LogP contribution in [0.25, 0.3) is 0 Å². The summed E-state index contributed by atoms with van der Waals surface area (Å²) in [7, 11) is 3.09. The average molecular weight is 325 g/mol. The van der Waals surface area contributed by atoms with E-state index < -0.39 is 17.7 Å². The van der Waals surface area contributed by atoms with Crippen LogP contribution in [-0.2, 0) is 6.42 Å². The molecule has 118 valence electrons. The molecule has 2 N–H and O–H groups in total. The highest BCUT2D eigenvalue weighted by molar-refractivity contribution is 7.09. The molecule has 2 rings (SSSR count). The minimum atomic E-state index is -0.723. The molecule has 0 unspecified atom stereocenters. The third-order valence-corrected chi connectivity index (χ3v) is 3.90. The van der Waals surface area contributed by atoms with E-state index in [2.05, 4.69) is 10.6 Å². The maximum atomic E-state index is 13.8. The largest absolute Gasteiger partial charge is 0.373 e. The van der Waals surface area contributed by atoms with Crippen molar-refractivity contribution in [1.82, 2.24) is 5.32 Å². The first-order chi connectivity index (χ1) is 10.5. The number of carbonyl (C=O) groups excluding carboxylic acids is 1. The van der Waals surface area contributed by atoms with Gasteiger partial charge in [0.2, 0.25) is 0 Å². The van der Waals surface area contributed by atoms with Crippen LogP contribution in [-0.4, -0.2) is 26.7 Å². The van der Waals surface area contributed by atoms with Crippen LogP contribution in [0.4, 0.5) is 25.0 Å². The fourth-order valence-electron chi connectivity index (χ4n) is 1.99. The number of urea groups is 1. The van der Waals surface area contributed by atoms with Crippen LogP contribution in [0.3, 0.4) is 0 Å². The standard InChI is InChI=1S/C15H17F2N3OS/c1-20(2)14-12(16)8-10(9-13(14)17)19-15(21)18-6-5-11-4-3-7-22-11/h3-4,7-9H,5-6H2,1-2H3,(H2,18,19,21). The van der Waals surface area contributed by atoms with Crippen molar-refractivity contribution in [3.63, 3.8) is 0 Å². The molecule has 0 spiro atoms. The zero-order chi connectivity index (χ0) is 16.1. The van der Waals surface area contributed by atoms with Crippen LogP contribution < -0.4 is 15.5 Å². The minimum absolute atomic E-state index is 0.0780. The van der Waals surface area contributed by atoms with Gasteiger partial charge in [-0.3, -0.25) is 0 Å². The SMILES string of the molecule is CN(C)c1c(F)cc(NC(=O)NCCc2cccs2)cc1F. The average Bonchev–Trinajstić information content (AvgIpc) is 2.90.